The van der Waals surface area contributed by atoms with Crippen molar-refractivity contribution in [3.05, 3.63) is 29.8 Å². The molecule has 4 rings (SSSR count). The van der Waals surface area contributed by atoms with Gasteiger partial charge in [-0.1, -0.05) is 5.16 Å². The fourth-order valence-corrected chi connectivity index (χ4v) is 3.34. The van der Waals surface area contributed by atoms with Crippen molar-refractivity contribution in [1.29, 1.82) is 0 Å². The molecule has 0 spiro atoms. The molecule has 1 aromatic heterocycles. The number of nitrogens with zero attached hydrogens (tertiary/aromatic N) is 4. The Morgan fingerprint density at radius 3 is 2.92 bits per heavy atom. The third-order valence-corrected chi connectivity index (χ3v) is 4.82. The van der Waals surface area contributed by atoms with Gasteiger partial charge in [-0.25, -0.2) is 4.39 Å². The molecule has 3 heterocycles. The molecular weight excluding hydrogens is 361 g/mol. The summed E-state index contributed by atoms with van der Waals surface area (Å²) in [7, 11) is 2.00. The van der Waals surface area contributed by atoms with Crippen LogP contribution in [-0.4, -0.2) is 54.2 Å². The second-order valence-electron chi connectivity index (χ2n) is 6.47. The summed E-state index contributed by atoms with van der Waals surface area (Å²) in [5, 5.41) is 7.33. The van der Waals surface area contributed by atoms with Gasteiger partial charge in [-0.05, 0) is 31.7 Å². The van der Waals surface area contributed by atoms with Crippen LogP contribution in [0.3, 0.4) is 0 Å². The third kappa shape index (κ3) is 3.44. The Bertz CT molecular complexity index is 799. The van der Waals surface area contributed by atoms with Gasteiger partial charge in [0, 0.05) is 38.3 Å². The number of benzene rings is 1. The minimum absolute atomic E-state index is 0. The molecule has 1 amide bonds. The van der Waals surface area contributed by atoms with E-state index in [1.54, 1.807) is 17.0 Å². The van der Waals surface area contributed by atoms with Gasteiger partial charge in [0.25, 0.3) is 5.89 Å². The minimum atomic E-state index is -0.444. The van der Waals surface area contributed by atoms with E-state index in [0.717, 1.165) is 26.1 Å². The summed E-state index contributed by atoms with van der Waals surface area (Å²) < 4.78 is 19.6. The summed E-state index contributed by atoms with van der Waals surface area (Å²) in [6, 6.07) is 4.56. The number of piperazine rings is 1. The van der Waals surface area contributed by atoms with Gasteiger partial charge in [0.05, 0.1) is 11.6 Å². The van der Waals surface area contributed by atoms with Crippen LogP contribution in [-0.2, 0) is 4.79 Å². The molecule has 0 saturated carbocycles. The maximum Gasteiger partial charge on any atom is 0.261 e. The van der Waals surface area contributed by atoms with Crippen molar-refractivity contribution < 1.29 is 13.7 Å². The molecular formula is C17H21ClFN5O2. The number of carbonyl (C=O) groups is 1. The number of likely N-dealkylation sites (N-methyl/N-ethyl adjacent to an activating group) is 1. The Morgan fingerprint density at radius 1 is 1.35 bits per heavy atom. The lowest BCUT2D eigenvalue weighted by Crippen LogP contribution is -2.44. The SMILES string of the molecule is CN1CCNCC1c1noc(-c2cc(N3CCCC3=O)ccc2F)n1.Cl. The molecule has 2 aromatic rings. The Balaban J connectivity index is 0.00000196. The standard InChI is InChI=1S/C17H20FN5O2.ClH/c1-22-8-6-19-10-14(22)16-20-17(25-21-16)12-9-11(4-5-13(12)18)23-7-2-3-15(23)24;/h4-5,9,14,19H,2-3,6-8,10H2,1H3;1H. The summed E-state index contributed by atoms with van der Waals surface area (Å²) in [5.41, 5.74) is 0.887. The first-order valence-corrected chi connectivity index (χ1v) is 8.48. The second-order valence-corrected chi connectivity index (χ2v) is 6.47. The quantitative estimate of drug-likeness (QED) is 0.876. The number of carbonyl (C=O) groups excluding carboxylic acids is 1. The number of amides is 1. The fraction of sp³-hybridized carbons (Fsp3) is 0.471. The van der Waals surface area contributed by atoms with Crippen LogP contribution in [0, 0.1) is 5.82 Å². The fourth-order valence-electron chi connectivity index (χ4n) is 3.34. The highest BCUT2D eigenvalue weighted by Gasteiger charge is 2.27. The van der Waals surface area contributed by atoms with E-state index in [1.807, 2.05) is 7.05 Å². The molecule has 9 heteroatoms. The smallest absolute Gasteiger partial charge is 0.261 e. The monoisotopic (exact) mass is 381 g/mol. The Labute approximate surface area is 156 Å². The van der Waals surface area contributed by atoms with Gasteiger partial charge in [-0.2, -0.15) is 4.98 Å². The van der Waals surface area contributed by atoms with Crippen LogP contribution in [0.4, 0.5) is 10.1 Å². The van der Waals surface area contributed by atoms with E-state index in [4.69, 9.17) is 4.52 Å². The average Bonchev–Trinajstić information content (AvgIpc) is 3.25. The number of hydrogen-bond donors (Lipinski definition) is 1. The topological polar surface area (TPSA) is 74.5 Å². The van der Waals surface area contributed by atoms with E-state index in [1.165, 1.54) is 6.07 Å². The first-order valence-electron chi connectivity index (χ1n) is 8.48. The normalized spacial score (nSPS) is 21.1. The summed E-state index contributed by atoms with van der Waals surface area (Å²) in [6.45, 7) is 3.17. The highest BCUT2D eigenvalue weighted by atomic mass is 35.5. The van der Waals surface area contributed by atoms with Crippen LogP contribution in [0.25, 0.3) is 11.5 Å². The van der Waals surface area contributed by atoms with Gasteiger partial charge in [0.15, 0.2) is 5.82 Å². The van der Waals surface area contributed by atoms with E-state index >= 15 is 0 Å². The number of rotatable bonds is 3. The molecule has 0 radical (unpaired) electrons. The number of halogens is 2. The number of nitrogens with one attached hydrogen (secondary N) is 1. The van der Waals surface area contributed by atoms with E-state index in [2.05, 4.69) is 20.4 Å². The molecule has 1 N–H and O–H groups in total. The molecule has 1 unspecified atom stereocenters. The zero-order chi connectivity index (χ0) is 17.4. The molecule has 2 aliphatic heterocycles. The molecule has 26 heavy (non-hydrogen) atoms. The van der Waals surface area contributed by atoms with Crippen LogP contribution in [0.1, 0.15) is 24.7 Å². The van der Waals surface area contributed by atoms with Crippen molar-refractivity contribution in [1.82, 2.24) is 20.4 Å². The highest BCUT2D eigenvalue weighted by molar-refractivity contribution is 5.95. The lowest BCUT2D eigenvalue weighted by molar-refractivity contribution is -0.117. The molecule has 1 aromatic carbocycles. The predicted octanol–water partition coefficient (Wildman–Crippen LogP) is 2.00. The summed E-state index contributed by atoms with van der Waals surface area (Å²) in [5.74, 6) is 0.283. The van der Waals surface area contributed by atoms with Crippen LogP contribution in [0.5, 0.6) is 0 Å². The minimum Gasteiger partial charge on any atom is -0.334 e. The zero-order valence-electron chi connectivity index (χ0n) is 14.4. The molecule has 0 aliphatic carbocycles. The lowest BCUT2D eigenvalue weighted by atomic mass is 10.1. The lowest BCUT2D eigenvalue weighted by Gasteiger charge is -2.30. The number of anilines is 1. The maximum absolute atomic E-state index is 14.3. The van der Waals surface area contributed by atoms with Crippen molar-refractivity contribution in [2.24, 2.45) is 0 Å². The molecule has 2 aliphatic rings. The molecule has 2 fully saturated rings. The van der Waals surface area contributed by atoms with Crippen molar-refractivity contribution in [2.75, 3.05) is 38.1 Å². The Hall–Kier alpha value is -2.03. The number of aromatic nitrogens is 2. The molecule has 2 saturated heterocycles. The van der Waals surface area contributed by atoms with Gasteiger partial charge in [-0.3, -0.25) is 9.69 Å². The van der Waals surface area contributed by atoms with Crippen LogP contribution >= 0.6 is 12.4 Å². The zero-order valence-corrected chi connectivity index (χ0v) is 15.3. The Morgan fingerprint density at radius 2 is 2.19 bits per heavy atom. The maximum atomic E-state index is 14.3. The second kappa shape index (κ2) is 7.69. The molecule has 0 bridgehead atoms. The van der Waals surface area contributed by atoms with Crippen molar-refractivity contribution in [3.63, 3.8) is 0 Å². The van der Waals surface area contributed by atoms with Crippen molar-refractivity contribution in [3.8, 4) is 11.5 Å². The number of hydrogen-bond acceptors (Lipinski definition) is 6. The van der Waals surface area contributed by atoms with E-state index in [9.17, 15) is 9.18 Å². The average molecular weight is 382 g/mol. The summed E-state index contributed by atoms with van der Waals surface area (Å²) >= 11 is 0. The van der Waals surface area contributed by atoms with Gasteiger partial charge in [-0.15, -0.1) is 12.4 Å². The van der Waals surface area contributed by atoms with E-state index in [-0.39, 0.29) is 35.8 Å². The molecule has 140 valence electrons. The predicted molar refractivity (Wildman–Crippen MR) is 96.8 cm³/mol. The van der Waals surface area contributed by atoms with Crippen LogP contribution < -0.4 is 10.2 Å². The van der Waals surface area contributed by atoms with Crippen molar-refractivity contribution >= 4 is 24.0 Å². The van der Waals surface area contributed by atoms with Crippen LogP contribution in [0.15, 0.2) is 22.7 Å². The third-order valence-electron chi connectivity index (χ3n) is 4.82. The van der Waals surface area contributed by atoms with E-state index < -0.39 is 5.82 Å². The van der Waals surface area contributed by atoms with E-state index in [0.29, 0.717) is 24.5 Å². The van der Waals surface area contributed by atoms with Gasteiger partial charge >= 0.3 is 0 Å². The first-order chi connectivity index (χ1) is 12.1. The van der Waals surface area contributed by atoms with Gasteiger partial charge < -0.3 is 14.7 Å². The molecule has 7 nitrogen and oxygen atoms in total. The molecule has 1 atom stereocenters. The largest absolute Gasteiger partial charge is 0.334 e. The Kier molecular flexibility index (Phi) is 5.55. The van der Waals surface area contributed by atoms with Gasteiger partial charge in [0.1, 0.15) is 5.82 Å². The van der Waals surface area contributed by atoms with Crippen molar-refractivity contribution in [2.45, 2.75) is 18.9 Å². The highest BCUT2D eigenvalue weighted by Crippen LogP contribution is 2.30. The summed E-state index contributed by atoms with van der Waals surface area (Å²) in [6.07, 6.45) is 1.34. The summed E-state index contributed by atoms with van der Waals surface area (Å²) in [4.78, 5) is 20.1. The first kappa shape index (κ1) is 18.8. The van der Waals surface area contributed by atoms with Gasteiger partial charge in [0.2, 0.25) is 5.91 Å². The van der Waals surface area contributed by atoms with Crippen LogP contribution in [0.2, 0.25) is 0 Å².